The summed E-state index contributed by atoms with van der Waals surface area (Å²) in [7, 11) is -3.52. The quantitative estimate of drug-likeness (QED) is 0.363. The molecule has 2 amide bonds. The average molecular weight is 520 g/mol. The van der Waals surface area contributed by atoms with E-state index in [1.807, 2.05) is 6.92 Å². The lowest BCUT2D eigenvalue weighted by atomic mass is 10.1. The number of morpholine rings is 1. The van der Waals surface area contributed by atoms with Crippen LogP contribution in [0.15, 0.2) is 30.3 Å². The molecule has 2 aromatic rings. The number of carbonyl (C=O) groups excluding carboxylic acids is 1. The molecule has 1 aliphatic carbocycles. The predicted molar refractivity (Wildman–Crippen MR) is 136 cm³/mol. The molecule has 2 aliphatic rings. The molecule has 196 valence electrons. The second-order valence-corrected chi connectivity index (χ2v) is 11.5. The fraction of sp³-hybridized carbons (Fsp3) is 0.542. The van der Waals surface area contributed by atoms with Crippen LogP contribution in [0.5, 0.6) is 0 Å². The van der Waals surface area contributed by atoms with Crippen molar-refractivity contribution in [1.29, 1.82) is 0 Å². The maximum Gasteiger partial charge on any atom is 0.319 e. The van der Waals surface area contributed by atoms with Crippen LogP contribution < -0.4 is 15.5 Å². The summed E-state index contributed by atoms with van der Waals surface area (Å²) < 4.78 is 31.0. The lowest BCUT2D eigenvalue weighted by Gasteiger charge is -2.34. The van der Waals surface area contributed by atoms with Crippen LogP contribution in [-0.4, -0.2) is 85.9 Å². The number of anilines is 2. The molecule has 2 heterocycles. The number of aliphatic hydroxyl groups excluding tert-OH is 2. The third kappa shape index (κ3) is 5.61. The van der Waals surface area contributed by atoms with Gasteiger partial charge >= 0.3 is 6.03 Å². The molecule has 0 spiro atoms. The molecule has 12 heteroatoms. The number of nitrogens with zero attached hydrogens (tertiary/aromatic N) is 3. The van der Waals surface area contributed by atoms with E-state index in [4.69, 9.17) is 19.8 Å². The van der Waals surface area contributed by atoms with Gasteiger partial charge in [0.15, 0.2) is 15.7 Å². The number of carbonyl (C=O) groups is 1. The minimum Gasteiger partial charge on any atom is -0.396 e. The number of rotatable bonds is 10. The highest BCUT2D eigenvalue weighted by Crippen LogP contribution is 2.53. The van der Waals surface area contributed by atoms with Crippen LogP contribution >= 0.6 is 0 Å². The number of aliphatic hydroxyl groups is 2. The number of amides is 2. The number of benzene rings is 1. The van der Waals surface area contributed by atoms with E-state index < -0.39 is 20.6 Å². The average Bonchev–Trinajstić information content (AvgIpc) is 3.70. The molecule has 0 unspecified atom stereocenters. The Morgan fingerprint density at radius 1 is 1.19 bits per heavy atom. The first kappa shape index (κ1) is 26.3. The van der Waals surface area contributed by atoms with Gasteiger partial charge in [0.2, 0.25) is 0 Å². The maximum atomic E-state index is 13.2. The van der Waals surface area contributed by atoms with Gasteiger partial charge in [0, 0.05) is 37.0 Å². The molecular formula is C24H33N5O6S. The van der Waals surface area contributed by atoms with E-state index in [-0.39, 0.29) is 38.0 Å². The van der Waals surface area contributed by atoms with Crippen LogP contribution in [0.1, 0.15) is 31.9 Å². The first-order valence-corrected chi connectivity index (χ1v) is 13.8. The van der Waals surface area contributed by atoms with Gasteiger partial charge in [0.1, 0.15) is 10.6 Å². The van der Waals surface area contributed by atoms with Gasteiger partial charge in [0.25, 0.3) is 0 Å². The van der Waals surface area contributed by atoms with Crippen molar-refractivity contribution in [3.63, 3.8) is 0 Å². The lowest BCUT2D eigenvalue weighted by molar-refractivity contribution is 0.0985. The fourth-order valence-corrected chi connectivity index (χ4v) is 6.40. The van der Waals surface area contributed by atoms with Crippen molar-refractivity contribution in [2.45, 2.75) is 37.0 Å². The zero-order valence-corrected chi connectivity index (χ0v) is 21.1. The molecule has 1 saturated heterocycles. The van der Waals surface area contributed by atoms with Crippen molar-refractivity contribution in [2.75, 3.05) is 55.5 Å². The van der Waals surface area contributed by atoms with E-state index in [0.717, 1.165) is 0 Å². The van der Waals surface area contributed by atoms with Gasteiger partial charge in [-0.05, 0) is 50.5 Å². The lowest BCUT2D eigenvalue weighted by Crippen LogP contribution is -2.44. The van der Waals surface area contributed by atoms with Crippen molar-refractivity contribution < 1.29 is 28.2 Å². The first-order valence-electron chi connectivity index (χ1n) is 12.1. The van der Waals surface area contributed by atoms with Crippen molar-refractivity contribution >= 4 is 27.4 Å². The molecule has 1 aliphatic heterocycles. The van der Waals surface area contributed by atoms with E-state index in [2.05, 4.69) is 15.5 Å². The van der Waals surface area contributed by atoms with E-state index in [9.17, 15) is 18.3 Å². The fourth-order valence-electron chi connectivity index (χ4n) is 4.35. The van der Waals surface area contributed by atoms with E-state index in [1.165, 1.54) is 0 Å². The molecule has 2 fully saturated rings. The van der Waals surface area contributed by atoms with Crippen LogP contribution in [0.2, 0.25) is 0 Å². The van der Waals surface area contributed by atoms with Gasteiger partial charge in [-0.15, -0.1) is 0 Å². The maximum absolute atomic E-state index is 13.2. The standard InChI is InChI=1S/C24H33N5O6S/c1-17-16-35-13-10-29(17)21-15-20(24(7-8-24)36(33,34)14-2-11-30)27-22(28-21)18-3-5-19(6-4-18)26-23(32)25-9-12-31/h3-6,15,17,30-31H,2,7-14,16H2,1H3,(H2,25,26,32)/t17-/m0/s1. The summed E-state index contributed by atoms with van der Waals surface area (Å²) in [5, 5.41) is 23.2. The van der Waals surface area contributed by atoms with Gasteiger partial charge in [-0.1, -0.05) is 0 Å². The number of nitrogens with one attached hydrogen (secondary N) is 2. The molecule has 1 aromatic carbocycles. The van der Waals surface area contributed by atoms with Gasteiger partial charge in [-0.25, -0.2) is 23.2 Å². The Labute approximate surface area is 210 Å². The Kier molecular flexibility index (Phi) is 8.08. The molecule has 1 aromatic heterocycles. The minimum absolute atomic E-state index is 0.0690. The van der Waals surface area contributed by atoms with Gasteiger partial charge in [0.05, 0.1) is 37.3 Å². The third-order valence-corrected chi connectivity index (χ3v) is 9.14. The number of ether oxygens (including phenoxy) is 1. The summed E-state index contributed by atoms with van der Waals surface area (Å²) in [5.74, 6) is 0.964. The van der Waals surface area contributed by atoms with E-state index >= 15 is 0 Å². The Balaban J connectivity index is 1.69. The number of aromatic nitrogens is 2. The van der Waals surface area contributed by atoms with Crippen molar-refractivity contribution in [3.8, 4) is 11.4 Å². The Hall–Kier alpha value is -2.80. The topological polar surface area (TPSA) is 154 Å². The molecule has 4 N–H and O–H groups in total. The van der Waals surface area contributed by atoms with Crippen LogP contribution in [0, 0.1) is 0 Å². The van der Waals surface area contributed by atoms with Crippen molar-refractivity contribution in [3.05, 3.63) is 36.0 Å². The summed E-state index contributed by atoms with van der Waals surface area (Å²) in [6, 6.07) is 8.40. The van der Waals surface area contributed by atoms with Crippen LogP contribution in [0.4, 0.5) is 16.3 Å². The predicted octanol–water partition coefficient (Wildman–Crippen LogP) is 1.27. The molecule has 1 saturated carbocycles. The molecule has 0 bridgehead atoms. The SMILES string of the molecule is C[C@H]1COCCN1c1cc(C2(S(=O)(=O)CCCO)CC2)nc(-c2ccc(NC(=O)NCCO)cc2)n1. The zero-order chi connectivity index (χ0) is 25.8. The van der Waals surface area contributed by atoms with Crippen LogP contribution in [0.25, 0.3) is 11.4 Å². The highest BCUT2D eigenvalue weighted by atomic mass is 32.2. The summed E-state index contributed by atoms with van der Waals surface area (Å²) in [5.41, 5.74) is 1.71. The Bertz CT molecular complexity index is 1170. The molecule has 36 heavy (non-hydrogen) atoms. The van der Waals surface area contributed by atoms with E-state index in [0.29, 0.717) is 61.2 Å². The van der Waals surface area contributed by atoms with Gasteiger partial charge in [-0.3, -0.25) is 0 Å². The van der Waals surface area contributed by atoms with Crippen molar-refractivity contribution in [2.24, 2.45) is 0 Å². The highest BCUT2D eigenvalue weighted by Gasteiger charge is 2.56. The molecule has 4 rings (SSSR count). The second-order valence-electron chi connectivity index (χ2n) is 9.12. The number of urea groups is 1. The number of hydrogen-bond donors (Lipinski definition) is 4. The van der Waals surface area contributed by atoms with E-state index in [1.54, 1.807) is 30.3 Å². The first-order chi connectivity index (χ1) is 17.3. The zero-order valence-electron chi connectivity index (χ0n) is 20.3. The smallest absolute Gasteiger partial charge is 0.319 e. The van der Waals surface area contributed by atoms with Gasteiger partial charge in [-0.2, -0.15) is 0 Å². The monoisotopic (exact) mass is 519 g/mol. The molecule has 1 atom stereocenters. The molecule has 11 nitrogen and oxygen atoms in total. The third-order valence-electron chi connectivity index (χ3n) is 6.51. The summed E-state index contributed by atoms with van der Waals surface area (Å²) >= 11 is 0. The van der Waals surface area contributed by atoms with Crippen LogP contribution in [-0.2, 0) is 19.3 Å². The molecule has 0 radical (unpaired) electrons. The normalized spacial score (nSPS) is 19.1. The summed E-state index contributed by atoms with van der Waals surface area (Å²) in [6.45, 7) is 3.59. The minimum atomic E-state index is -3.52. The summed E-state index contributed by atoms with van der Waals surface area (Å²) in [4.78, 5) is 23.5. The highest BCUT2D eigenvalue weighted by molar-refractivity contribution is 7.92. The summed E-state index contributed by atoms with van der Waals surface area (Å²) in [6.07, 6.45) is 1.16. The van der Waals surface area contributed by atoms with Crippen LogP contribution in [0.3, 0.4) is 0 Å². The van der Waals surface area contributed by atoms with Crippen molar-refractivity contribution in [1.82, 2.24) is 15.3 Å². The Morgan fingerprint density at radius 3 is 2.58 bits per heavy atom. The van der Waals surface area contributed by atoms with Gasteiger partial charge < -0.3 is 30.5 Å². The Morgan fingerprint density at radius 2 is 1.94 bits per heavy atom. The molecular weight excluding hydrogens is 486 g/mol. The number of sulfone groups is 1. The number of hydrogen-bond acceptors (Lipinski definition) is 9. The largest absolute Gasteiger partial charge is 0.396 e. The second kappa shape index (κ2) is 11.1.